The number of carbonyl (C=O) groups excluding carboxylic acids is 1. The van der Waals surface area contributed by atoms with Crippen molar-refractivity contribution in [3.63, 3.8) is 0 Å². The van der Waals surface area contributed by atoms with Gasteiger partial charge >= 0.3 is 0 Å². The molecule has 2 N–H and O–H groups in total. The molecule has 1 saturated heterocycles. The highest BCUT2D eigenvalue weighted by Gasteiger charge is 2.31. The van der Waals surface area contributed by atoms with Crippen LogP contribution in [0.5, 0.6) is 0 Å². The third kappa shape index (κ3) is 1.92. The minimum atomic E-state index is -0.0664. The van der Waals surface area contributed by atoms with Gasteiger partial charge in [0.2, 0.25) is 0 Å². The highest BCUT2D eigenvalue weighted by atomic mass is 16.5. The number of likely N-dealkylation sites (tertiary alicyclic amines) is 1. The number of amides is 1. The van der Waals surface area contributed by atoms with E-state index in [1.807, 2.05) is 0 Å². The molecule has 0 saturated carbocycles. The molecule has 0 aromatic carbocycles. The number of methoxy groups -OCH3 is 1. The second kappa shape index (κ2) is 3.86. The summed E-state index contributed by atoms with van der Waals surface area (Å²) in [5.41, 5.74) is 6.48. The zero-order valence-electron chi connectivity index (χ0n) is 8.51. The maximum atomic E-state index is 11.8. The van der Waals surface area contributed by atoms with E-state index in [9.17, 15) is 4.79 Å². The smallest absolute Gasteiger partial charge is 0.272 e. The van der Waals surface area contributed by atoms with Crippen LogP contribution in [-0.4, -0.2) is 42.1 Å². The lowest BCUT2D eigenvalue weighted by molar-refractivity contribution is -0.0194. The van der Waals surface area contributed by atoms with E-state index in [1.165, 1.54) is 6.20 Å². The van der Waals surface area contributed by atoms with Crippen LogP contribution >= 0.6 is 0 Å². The Bertz CT molecular complexity index is 357. The van der Waals surface area contributed by atoms with Gasteiger partial charge in [0.25, 0.3) is 5.91 Å². The van der Waals surface area contributed by atoms with Crippen molar-refractivity contribution < 1.29 is 9.53 Å². The van der Waals surface area contributed by atoms with Crippen LogP contribution in [0.3, 0.4) is 0 Å². The largest absolute Gasteiger partial charge is 0.397 e. The summed E-state index contributed by atoms with van der Waals surface area (Å²) in [6.07, 6.45) is 1.66. The molecule has 0 aliphatic carbocycles. The topological polar surface area (TPSA) is 68.5 Å². The number of anilines is 1. The van der Waals surface area contributed by atoms with Crippen molar-refractivity contribution in [1.29, 1.82) is 0 Å². The maximum absolute atomic E-state index is 11.8. The molecule has 1 aliphatic rings. The Morgan fingerprint density at radius 1 is 1.60 bits per heavy atom. The summed E-state index contributed by atoms with van der Waals surface area (Å²) in [5, 5.41) is 0. The lowest BCUT2D eigenvalue weighted by atomic mass is 10.1. The normalized spacial score (nSPS) is 16.2. The maximum Gasteiger partial charge on any atom is 0.272 e. The van der Waals surface area contributed by atoms with Crippen LogP contribution in [0.1, 0.15) is 10.5 Å². The Kier molecular flexibility index (Phi) is 2.55. The summed E-state index contributed by atoms with van der Waals surface area (Å²) in [5.74, 6) is -0.0664. The fourth-order valence-electron chi connectivity index (χ4n) is 1.45. The van der Waals surface area contributed by atoms with E-state index >= 15 is 0 Å². The summed E-state index contributed by atoms with van der Waals surface area (Å²) < 4.78 is 5.09. The molecule has 0 spiro atoms. The second-order valence-electron chi connectivity index (χ2n) is 3.54. The van der Waals surface area contributed by atoms with Crippen LogP contribution in [0.2, 0.25) is 0 Å². The molecule has 1 aromatic rings. The third-order valence-corrected chi connectivity index (χ3v) is 2.47. The molecular weight excluding hydrogens is 194 g/mol. The van der Waals surface area contributed by atoms with Gasteiger partial charge in [0.05, 0.1) is 18.0 Å². The van der Waals surface area contributed by atoms with Gasteiger partial charge in [-0.05, 0) is 12.1 Å². The standard InChI is InChI=1S/C10H13N3O2/c1-15-8-5-13(6-8)10(14)9-3-2-7(11)4-12-9/h2-4,8H,5-6,11H2,1H3. The Hall–Kier alpha value is -1.62. The zero-order chi connectivity index (χ0) is 10.8. The van der Waals surface area contributed by atoms with E-state index in [-0.39, 0.29) is 12.0 Å². The fourth-order valence-corrected chi connectivity index (χ4v) is 1.45. The van der Waals surface area contributed by atoms with Gasteiger partial charge in [-0.3, -0.25) is 4.79 Å². The van der Waals surface area contributed by atoms with Crippen molar-refractivity contribution in [2.24, 2.45) is 0 Å². The minimum Gasteiger partial charge on any atom is -0.397 e. The number of hydrogen-bond acceptors (Lipinski definition) is 4. The molecule has 15 heavy (non-hydrogen) atoms. The van der Waals surface area contributed by atoms with Crippen molar-refractivity contribution in [1.82, 2.24) is 9.88 Å². The number of nitrogen functional groups attached to an aromatic ring is 1. The first-order valence-electron chi connectivity index (χ1n) is 4.74. The lowest BCUT2D eigenvalue weighted by Gasteiger charge is -2.37. The van der Waals surface area contributed by atoms with Gasteiger partial charge in [-0.15, -0.1) is 0 Å². The molecule has 2 rings (SSSR count). The van der Waals surface area contributed by atoms with Gasteiger partial charge in [-0.1, -0.05) is 0 Å². The van der Waals surface area contributed by atoms with Crippen LogP contribution < -0.4 is 5.73 Å². The Balaban J connectivity index is 2.00. The number of rotatable bonds is 2. The number of pyridine rings is 1. The number of nitrogens with two attached hydrogens (primary N) is 1. The van der Waals surface area contributed by atoms with Crippen molar-refractivity contribution in [3.8, 4) is 0 Å². The molecule has 5 heteroatoms. The first-order valence-corrected chi connectivity index (χ1v) is 4.74. The Labute approximate surface area is 87.8 Å². The van der Waals surface area contributed by atoms with Gasteiger partial charge in [0, 0.05) is 20.2 Å². The van der Waals surface area contributed by atoms with Crippen LogP contribution in [0.15, 0.2) is 18.3 Å². The zero-order valence-corrected chi connectivity index (χ0v) is 8.51. The summed E-state index contributed by atoms with van der Waals surface area (Å²) in [7, 11) is 1.65. The van der Waals surface area contributed by atoms with Crippen LogP contribution in [0.4, 0.5) is 5.69 Å². The fraction of sp³-hybridized carbons (Fsp3) is 0.400. The predicted molar refractivity (Wildman–Crippen MR) is 55.3 cm³/mol. The molecule has 0 radical (unpaired) electrons. The minimum absolute atomic E-state index is 0.0664. The van der Waals surface area contributed by atoms with Gasteiger partial charge in [-0.25, -0.2) is 4.98 Å². The van der Waals surface area contributed by atoms with Crippen LogP contribution in [0.25, 0.3) is 0 Å². The molecule has 0 atom stereocenters. The SMILES string of the molecule is COC1CN(C(=O)c2ccc(N)cn2)C1. The molecule has 5 nitrogen and oxygen atoms in total. The second-order valence-corrected chi connectivity index (χ2v) is 3.54. The first kappa shape index (κ1) is 9.92. The van der Waals surface area contributed by atoms with Crippen molar-refractivity contribution in [3.05, 3.63) is 24.0 Å². The van der Waals surface area contributed by atoms with E-state index in [2.05, 4.69) is 4.98 Å². The number of carbonyl (C=O) groups is 1. The molecule has 80 valence electrons. The predicted octanol–water partition coefficient (Wildman–Crippen LogP) is 0.135. The number of nitrogens with zero attached hydrogens (tertiary/aromatic N) is 2. The Morgan fingerprint density at radius 3 is 2.87 bits per heavy atom. The molecule has 1 aliphatic heterocycles. The van der Waals surface area contributed by atoms with Gasteiger partial charge in [0.15, 0.2) is 0 Å². The van der Waals surface area contributed by atoms with Crippen LogP contribution in [0, 0.1) is 0 Å². The average molecular weight is 207 g/mol. The molecule has 2 heterocycles. The summed E-state index contributed by atoms with van der Waals surface area (Å²) in [6.45, 7) is 1.28. The van der Waals surface area contributed by atoms with E-state index in [4.69, 9.17) is 10.5 Å². The molecular formula is C10H13N3O2. The van der Waals surface area contributed by atoms with E-state index < -0.39 is 0 Å². The van der Waals surface area contributed by atoms with Gasteiger partial charge in [-0.2, -0.15) is 0 Å². The highest BCUT2D eigenvalue weighted by molar-refractivity contribution is 5.93. The summed E-state index contributed by atoms with van der Waals surface area (Å²) in [4.78, 5) is 17.4. The third-order valence-electron chi connectivity index (χ3n) is 2.47. The van der Waals surface area contributed by atoms with E-state index in [1.54, 1.807) is 24.1 Å². The molecule has 0 unspecified atom stereocenters. The van der Waals surface area contributed by atoms with Crippen LogP contribution in [-0.2, 0) is 4.74 Å². The summed E-state index contributed by atoms with van der Waals surface area (Å²) in [6, 6.07) is 3.31. The van der Waals surface area contributed by atoms with Crippen molar-refractivity contribution >= 4 is 11.6 Å². The average Bonchev–Trinajstić information content (AvgIpc) is 2.17. The molecule has 1 fully saturated rings. The Morgan fingerprint density at radius 2 is 2.33 bits per heavy atom. The highest BCUT2D eigenvalue weighted by Crippen LogP contribution is 2.14. The van der Waals surface area contributed by atoms with Crippen molar-refractivity contribution in [2.75, 3.05) is 25.9 Å². The quantitative estimate of drug-likeness (QED) is 0.748. The van der Waals surface area contributed by atoms with Crippen molar-refractivity contribution in [2.45, 2.75) is 6.10 Å². The number of ether oxygens (including phenoxy) is 1. The lowest BCUT2D eigenvalue weighted by Crippen LogP contribution is -2.54. The number of aromatic nitrogens is 1. The molecule has 1 aromatic heterocycles. The monoisotopic (exact) mass is 207 g/mol. The van der Waals surface area contributed by atoms with E-state index in [0.717, 1.165) is 0 Å². The van der Waals surface area contributed by atoms with E-state index in [0.29, 0.717) is 24.5 Å². The molecule has 1 amide bonds. The first-order chi connectivity index (χ1) is 7.20. The van der Waals surface area contributed by atoms with Gasteiger partial charge in [0.1, 0.15) is 5.69 Å². The number of hydrogen-bond donors (Lipinski definition) is 1. The molecule has 0 bridgehead atoms. The summed E-state index contributed by atoms with van der Waals surface area (Å²) >= 11 is 0. The van der Waals surface area contributed by atoms with Gasteiger partial charge < -0.3 is 15.4 Å².